The van der Waals surface area contributed by atoms with Crippen LogP contribution in [0.15, 0.2) is 24.3 Å². The first-order chi connectivity index (χ1) is 8.45. The molecule has 2 unspecified atom stereocenters. The van der Waals surface area contributed by atoms with Gasteiger partial charge in [0.2, 0.25) is 5.91 Å². The van der Waals surface area contributed by atoms with Crippen LogP contribution in [-0.2, 0) is 4.79 Å². The van der Waals surface area contributed by atoms with Crippen LogP contribution in [0.3, 0.4) is 0 Å². The quantitative estimate of drug-likeness (QED) is 0.844. The Morgan fingerprint density at radius 3 is 2.17 bits per heavy atom. The fraction of sp³-hybridized carbons (Fsp3) is 0.500. The normalized spacial score (nSPS) is 14.3. The largest absolute Gasteiger partial charge is 0.348 e. The van der Waals surface area contributed by atoms with Crippen LogP contribution in [-0.4, -0.2) is 19.0 Å². The minimum Gasteiger partial charge on any atom is -0.348 e. The highest BCUT2D eigenvalue weighted by atomic mass is 19.1. The minimum atomic E-state index is -0.267. The third kappa shape index (κ3) is 3.81. The number of carbonyl (C=O) groups is 1. The molecule has 1 rings (SSSR count). The van der Waals surface area contributed by atoms with Crippen molar-refractivity contribution in [1.82, 2.24) is 10.6 Å². The topological polar surface area (TPSA) is 41.1 Å². The van der Waals surface area contributed by atoms with Crippen molar-refractivity contribution < 1.29 is 9.18 Å². The van der Waals surface area contributed by atoms with Gasteiger partial charge in [0.05, 0.1) is 12.1 Å². The molecule has 0 aliphatic carbocycles. The minimum absolute atomic E-state index is 0.0551. The average molecular weight is 252 g/mol. The van der Waals surface area contributed by atoms with Gasteiger partial charge >= 0.3 is 0 Å². The van der Waals surface area contributed by atoms with Crippen molar-refractivity contribution in [3.63, 3.8) is 0 Å². The van der Waals surface area contributed by atoms with Gasteiger partial charge in [-0.2, -0.15) is 0 Å². The second-order valence-corrected chi connectivity index (χ2v) is 4.79. The first-order valence-electron chi connectivity index (χ1n) is 6.18. The molecule has 4 heteroatoms. The van der Waals surface area contributed by atoms with Crippen molar-refractivity contribution in [2.24, 2.45) is 5.92 Å². The molecular weight excluding hydrogens is 231 g/mol. The molecule has 0 radical (unpaired) electrons. The van der Waals surface area contributed by atoms with Crippen LogP contribution in [0.25, 0.3) is 0 Å². The summed E-state index contributed by atoms with van der Waals surface area (Å²) in [7, 11) is 1.74. The molecule has 18 heavy (non-hydrogen) atoms. The predicted molar refractivity (Wildman–Crippen MR) is 70.6 cm³/mol. The molecule has 3 nitrogen and oxygen atoms in total. The molecule has 0 saturated carbocycles. The molecule has 1 aromatic rings. The van der Waals surface area contributed by atoms with E-state index in [9.17, 15) is 9.18 Å². The van der Waals surface area contributed by atoms with E-state index >= 15 is 0 Å². The maximum atomic E-state index is 12.9. The van der Waals surface area contributed by atoms with E-state index in [4.69, 9.17) is 0 Å². The maximum Gasteiger partial charge on any atom is 0.237 e. The summed E-state index contributed by atoms with van der Waals surface area (Å²) in [5, 5.41) is 5.88. The predicted octanol–water partition coefficient (Wildman–Crippen LogP) is 2.25. The average Bonchev–Trinajstić information content (AvgIpc) is 2.35. The Hall–Kier alpha value is -1.42. The van der Waals surface area contributed by atoms with Crippen molar-refractivity contribution in [3.05, 3.63) is 35.6 Å². The molecular formula is C14H21FN2O. The molecule has 1 aromatic carbocycles. The van der Waals surface area contributed by atoms with Gasteiger partial charge in [-0.1, -0.05) is 26.0 Å². The number of likely N-dealkylation sites (N-methyl/N-ethyl adjacent to an activating group) is 1. The molecule has 0 spiro atoms. The summed E-state index contributed by atoms with van der Waals surface area (Å²) in [6.45, 7) is 5.86. The molecule has 0 aliphatic rings. The van der Waals surface area contributed by atoms with E-state index in [0.717, 1.165) is 5.56 Å². The summed E-state index contributed by atoms with van der Waals surface area (Å²) in [6.07, 6.45) is 0. The van der Waals surface area contributed by atoms with Gasteiger partial charge in [-0.05, 0) is 37.6 Å². The van der Waals surface area contributed by atoms with Crippen LogP contribution < -0.4 is 10.6 Å². The van der Waals surface area contributed by atoms with Gasteiger partial charge in [-0.25, -0.2) is 4.39 Å². The molecule has 2 atom stereocenters. The smallest absolute Gasteiger partial charge is 0.237 e. The van der Waals surface area contributed by atoms with Crippen LogP contribution in [0, 0.1) is 11.7 Å². The van der Waals surface area contributed by atoms with Crippen LogP contribution in [0.5, 0.6) is 0 Å². The van der Waals surface area contributed by atoms with Gasteiger partial charge in [0.1, 0.15) is 5.82 Å². The molecule has 1 amide bonds. The van der Waals surface area contributed by atoms with Gasteiger partial charge < -0.3 is 10.6 Å². The highest BCUT2D eigenvalue weighted by Crippen LogP contribution is 2.21. The summed E-state index contributed by atoms with van der Waals surface area (Å²) in [5.74, 6) is -0.0832. The first-order valence-corrected chi connectivity index (χ1v) is 6.18. The van der Waals surface area contributed by atoms with Crippen molar-refractivity contribution in [3.8, 4) is 0 Å². The van der Waals surface area contributed by atoms with E-state index in [1.165, 1.54) is 12.1 Å². The molecule has 0 aliphatic heterocycles. The monoisotopic (exact) mass is 252 g/mol. The molecule has 0 bridgehead atoms. The highest BCUT2D eigenvalue weighted by Gasteiger charge is 2.20. The van der Waals surface area contributed by atoms with Gasteiger partial charge in [0, 0.05) is 0 Å². The van der Waals surface area contributed by atoms with Crippen molar-refractivity contribution in [2.75, 3.05) is 7.05 Å². The fourth-order valence-corrected chi connectivity index (χ4v) is 1.71. The summed E-state index contributed by atoms with van der Waals surface area (Å²) in [5.41, 5.74) is 0.919. The Kier molecular flexibility index (Phi) is 5.28. The van der Waals surface area contributed by atoms with Crippen LogP contribution in [0.4, 0.5) is 4.39 Å². The Morgan fingerprint density at radius 2 is 1.72 bits per heavy atom. The SMILES string of the molecule is CNC(C)C(=O)NC(c1ccc(F)cc1)C(C)C. The number of carbonyl (C=O) groups excluding carboxylic acids is 1. The summed E-state index contributed by atoms with van der Waals surface area (Å²) in [4.78, 5) is 11.9. The lowest BCUT2D eigenvalue weighted by atomic mass is 9.95. The van der Waals surface area contributed by atoms with Gasteiger partial charge in [0.15, 0.2) is 0 Å². The number of halogens is 1. The highest BCUT2D eigenvalue weighted by molar-refractivity contribution is 5.81. The standard InChI is InChI=1S/C14H21FN2O/c1-9(2)13(17-14(18)10(3)16-4)11-5-7-12(15)8-6-11/h5-10,13,16H,1-4H3,(H,17,18). The number of benzene rings is 1. The Morgan fingerprint density at radius 1 is 1.17 bits per heavy atom. The molecule has 100 valence electrons. The Bertz CT molecular complexity index is 389. The zero-order valence-electron chi connectivity index (χ0n) is 11.3. The van der Waals surface area contributed by atoms with E-state index in [-0.39, 0.29) is 29.7 Å². The molecule has 2 N–H and O–H groups in total. The summed E-state index contributed by atoms with van der Waals surface area (Å²) >= 11 is 0. The van der Waals surface area contributed by atoms with E-state index in [0.29, 0.717) is 0 Å². The lowest BCUT2D eigenvalue weighted by molar-refractivity contribution is -0.123. The second-order valence-electron chi connectivity index (χ2n) is 4.79. The van der Waals surface area contributed by atoms with Crippen LogP contribution >= 0.6 is 0 Å². The zero-order valence-corrected chi connectivity index (χ0v) is 11.3. The third-order valence-electron chi connectivity index (χ3n) is 3.02. The van der Waals surface area contributed by atoms with Gasteiger partial charge in [-0.3, -0.25) is 4.79 Å². The van der Waals surface area contributed by atoms with E-state index in [2.05, 4.69) is 10.6 Å². The van der Waals surface area contributed by atoms with Crippen LogP contribution in [0.1, 0.15) is 32.4 Å². The number of amides is 1. The van der Waals surface area contributed by atoms with E-state index < -0.39 is 0 Å². The van der Waals surface area contributed by atoms with Crippen molar-refractivity contribution in [2.45, 2.75) is 32.9 Å². The summed E-state index contributed by atoms with van der Waals surface area (Å²) < 4.78 is 12.9. The lowest BCUT2D eigenvalue weighted by Gasteiger charge is -2.24. The zero-order chi connectivity index (χ0) is 13.7. The third-order valence-corrected chi connectivity index (χ3v) is 3.02. The molecule has 0 fully saturated rings. The summed E-state index contributed by atoms with van der Waals surface area (Å²) in [6, 6.07) is 5.91. The molecule has 0 heterocycles. The number of hydrogen-bond acceptors (Lipinski definition) is 2. The fourth-order valence-electron chi connectivity index (χ4n) is 1.71. The molecule has 0 aromatic heterocycles. The lowest BCUT2D eigenvalue weighted by Crippen LogP contribution is -2.43. The van der Waals surface area contributed by atoms with Crippen LogP contribution in [0.2, 0.25) is 0 Å². The number of hydrogen-bond donors (Lipinski definition) is 2. The molecule has 0 saturated heterocycles. The Labute approximate surface area is 108 Å². The number of nitrogens with one attached hydrogen (secondary N) is 2. The number of rotatable bonds is 5. The van der Waals surface area contributed by atoms with Crippen molar-refractivity contribution >= 4 is 5.91 Å². The maximum absolute atomic E-state index is 12.9. The van der Waals surface area contributed by atoms with Crippen molar-refractivity contribution in [1.29, 1.82) is 0 Å². The second kappa shape index (κ2) is 6.50. The van der Waals surface area contributed by atoms with E-state index in [1.807, 2.05) is 13.8 Å². The Balaban J connectivity index is 2.83. The first kappa shape index (κ1) is 14.6. The van der Waals surface area contributed by atoms with Gasteiger partial charge in [-0.15, -0.1) is 0 Å². The van der Waals surface area contributed by atoms with E-state index in [1.54, 1.807) is 26.1 Å². The van der Waals surface area contributed by atoms with Gasteiger partial charge in [0.25, 0.3) is 0 Å².